The molecule has 0 aliphatic rings. The highest BCUT2D eigenvalue weighted by molar-refractivity contribution is 5.83. The lowest BCUT2D eigenvalue weighted by atomic mass is 9.84. The van der Waals surface area contributed by atoms with E-state index in [0.717, 1.165) is 16.5 Å². The van der Waals surface area contributed by atoms with Gasteiger partial charge in [0.25, 0.3) is 0 Å². The van der Waals surface area contributed by atoms with E-state index >= 15 is 0 Å². The van der Waals surface area contributed by atoms with Crippen molar-refractivity contribution in [2.24, 2.45) is 11.1 Å². The molecule has 0 bridgehead atoms. The Balaban J connectivity index is 2.07. The quantitative estimate of drug-likeness (QED) is 0.653. The first kappa shape index (κ1) is 15.5. The summed E-state index contributed by atoms with van der Waals surface area (Å²) in [4.78, 5) is 14.3. The van der Waals surface area contributed by atoms with Crippen molar-refractivity contribution in [2.45, 2.75) is 38.8 Å². The largest absolute Gasteiger partial charge is 0.481 e. The van der Waals surface area contributed by atoms with E-state index in [1.807, 2.05) is 30.5 Å². The molecule has 114 valence electrons. The maximum Gasteiger partial charge on any atom is 0.309 e. The normalized spacial score (nSPS) is 15.0. The van der Waals surface area contributed by atoms with E-state index in [0.29, 0.717) is 6.42 Å². The van der Waals surface area contributed by atoms with Crippen LogP contribution >= 0.6 is 0 Å². The number of aliphatic carboxylic acids is 1. The van der Waals surface area contributed by atoms with Crippen LogP contribution in [-0.2, 0) is 11.2 Å². The lowest BCUT2D eigenvalue weighted by Crippen LogP contribution is -2.41. The summed E-state index contributed by atoms with van der Waals surface area (Å²) in [6.45, 7) is 3.19. The summed E-state index contributed by atoms with van der Waals surface area (Å²) in [6.07, 6.45) is 1.66. The minimum absolute atomic E-state index is 0.131. The number of carboxylic acids is 1. The highest BCUT2D eigenvalue weighted by Crippen LogP contribution is 2.25. The molecule has 5 N–H and O–H groups in total. The Morgan fingerprint density at radius 2 is 2.05 bits per heavy atom. The third-order valence-corrected chi connectivity index (χ3v) is 3.92. The highest BCUT2D eigenvalue weighted by Gasteiger charge is 2.32. The number of aliphatic hydroxyl groups excluding tert-OH is 1. The van der Waals surface area contributed by atoms with Gasteiger partial charge in [-0.3, -0.25) is 4.79 Å². The number of carboxylic acid groups (broad SMARTS) is 1. The summed E-state index contributed by atoms with van der Waals surface area (Å²) in [7, 11) is 0. The van der Waals surface area contributed by atoms with Gasteiger partial charge in [0, 0.05) is 23.1 Å². The molecular weight excluding hydrogens is 268 g/mol. The molecule has 0 amide bonds. The molecular formula is C16H22N2O3. The number of H-pyrrole nitrogens is 1. The average molecular weight is 290 g/mol. The Bertz CT molecular complexity index is 633. The Morgan fingerprint density at radius 3 is 2.71 bits per heavy atom. The number of aliphatic hydroxyl groups is 1. The van der Waals surface area contributed by atoms with E-state index in [-0.39, 0.29) is 6.42 Å². The molecule has 0 aliphatic carbocycles. The van der Waals surface area contributed by atoms with Crippen molar-refractivity contribution in [2.75, 3.05) is 0 Å². The van der Waals surface area contributed by atoms with Crippen molar-refractivity contribution >= 4 is 16.9 Å². The van der Waals surface area contributed by atoms with Gasteiger partial charge in [-0.05, 0) is 38.3 Å². The number of hydrogen-bond acceptors (Lipinski definition) is 3. The molecule has 1 aromatic heterocycles. The van der Waals surface area contributed by atoms with Crippen molar-refractivity contribution in [3.63, 3.8) is 0 Å². The first-order valence-corrected chi connectivity index (χ1v) is 7.03. The second-order valence-electron chi connectivity index (χ2n) is 6.19. The van der Waals surface area contributed by atoms with Crippen molar-refractivity contribution in [1.82, 2.24) is 4.98 Å². The molecule has 0 saturated carbocycles. The maximum absolute atomic E-state index is 11.1. The standard InChI is InChI=1S/C16H22N2O3/c1-16(2,15(20)21)8-14(19)12(17)7-10-9-18-13-6-4-3-5-11(10)13/h3-6,9,12,14,18-19H,7-8,17H2,1-2H3,(H,20,21)/t12-,14?/m1/s1. The predicted octanol–water partition coefficient (Wildman–Crippen LogP) is 1.90. The van der Waals surface area contributed by atoms with Crippen LogP contribution in [0, 0.1) is 5.41 Å². The van der Waals surface area contributed by atoms with Crippen molar-refractivity contribution in [3.05, 3.63) is 36.0 Å². The zero-order chi connectivity index (χ0) is 15.6. The molecule has 21 heavy (non-hydrogen) atoms. The average Bonchev–Trinajstić information content (AvgIpc) is 2.81. The molecule has 0 spiro atoms. The zero-order valence-corrected chi connectivity index (χ0v) is 12.3. The van der Waals surface area contributed by atoms with Gasteiger partial charge in [0.05, 0.1) is 11.5 Å². The van der Waals surface area contributed by atoms with Gasteiger partial charge in [0.15, 0.2) is 0 Å². The molecule has 1 unspecified atom stereocenters. The minimum atomic E-state index is -0.989. The molecule has 5 heteroatoms. The van der Waals surface area contributed by atoms with Crippen molar-refractivity contribution < 1.29 is 15.0 Å². The summed E-state index contributed by atoms with van der Waals surface area (Å²) in [6, 6.07) is 7.39. The van der Waals surface area contributed by atoms with Crippen LogP contribution in [0.2, 0.25) is 0 Å². The molecule has 2 rings (SSSR count). The number of hydrogen-bond donors (Lipinski definition) is 4. The summed E-state index contributed by atoms with van der Waals surface area (Å²) >= 11 is 0. The SMILES string of the molecule is CC(C)(CC(O)[C@H](N)Cc1c[nH]c2ccccc12)C(=O)O. The maximum atomic E-state index is 11.1. The molecule has 5 nitrogen and oxygen atoms in total. The summed E-state index contributed by atoms with van der Waals surface area (Å²) in [5.41, 5.74) is 7.12. The predicted molar refractivity (Wildman–Crippen MR) is 82.0 cm³/mol. The molecule has 1 heterocycles. The van der Waals surface area contributed by atoms with Crippen LogP contribution in [0.3, 0.4) is 0 Å². The topological polar surface area (TPSA) is 99.3 Å². The number of fused-ring (bicyclic) bond motifs is 1. The van der Waals surface area contributed by atoms with Gasteiger partial charge in [-0.1, -0.05) is 18.2 Å². The second-order valence-corrected chi connectivity index (χ2v) is 6.19. The molecule has 1 aromatic carbocycles. The van der Waals surface area contributed by atoms with Crippen molar-refractivity contribution in [3.8, 4) is 0 Å². The molecule has 0 radical (unpaired) electrons. The van der Waals surface area contributed by atoms with E-state index in [1.165, 1.54) is 0 Å². The molecule has 0 saturated heterocycles. The third-order valence-electron chi connectivity index (χ3n) is 3.92. The van der Waals surface area contributed by atoms with Gasteiger partial charge in [0.1, 0.15) is 0 Å². The fraction of sp³-hybridized carbons (Fsp3) is 0.438. The first-order chi connectivity index (χ1) is 9.81. The Morgan fingerprint density at radius 1 is 1.38 bits per heavy atom. The van der Waals surface area contributed by atoms with Gasteiger partial charge in [0.2, 0.25) is 0 Å². The summed E-state index contributed by atoms with van der Waals surface area (Å²) in [5, 5.41) is 20.4. The van der Waals surface area contributed by atoms with Crippen LogP contribution in [0.5, 0.6) is 0 Å². The van der Waals surface area contributed by atoms with Crippen molar-refractivity contribution in [1.29, 1.82) is 0 Å². The van der Waals surface area contributed by atoms with Gasteiger partial charge in [-0.2, -0.15) is 0 Å². The van der Waals surface area contributed by atoms with Crippen LogP contribution in [0.25, 0.3) is 10.9 Å². The number of aromatic amines is 1. The number of nitrogens with two attached hydrogens (primary N) is 1. The summed E-state index contributed by atoms with van der Waals surface area (Å²) < 4.78 is 0. The number of rotatable bonds is 6. The fourth-order valence-corrected chi connectivity index (χ4v) is 2.45. The third kappa shape index (κ3) is 3.43. The lowest BCUT2D eigenvalue weighted by molar-refractivity contribution is -0.148. The minimum Gasteiger partial charge on any atom is -0.481 e. The highest BCUT2D eigenvalue weighted by atomic mass is 16.4. The first-order valence-electron chi connectivity index (χ1n) is 7.03. The molecule has 2 aromatic rings. The fourth-order valence-electron chi connectivity index (χ4n) is 2.45. The number of nitrogens with one attached hydrogen (secondary N) is 1. The van der Waals surface area contributed by atoms with Crippen LogP contribution < -0.4 is 5.73 Å². The Hall–Kier alpha value is -1.85. The van der Waals surface area contributed by atoms with Gasteiger partial charge < -0.3 is 20.9 Å². The van der Waals surface area contributed by atoms with Crippen LogP contribution in [0.15, 0.2) is 30.5 Å². The van der Waals surface area contributed by atoms with E-state index in [1.54, 1.807) is 13.8 Å². The molecule has 0 fully saturated rings. The molecule has 0 aliphatic heterocycles. The van der Waals surface area contributed by atoms with E-state index in [9.17, 15) is 9.90 Å². The Labute approximate surface area is 123 Å². The molecule has 2 atom stereocenters. The monoisotopic (exact) mass is 290 g/mol. The van der Waals surface area contributed by atoms with E-state index in [2.05, 4.69) is 4.98 Å². The number of aromatic nitrogens is 1. The lowest BCUT2D eigenvalue weighted by Gasteiger charge is -2.26. The van der Waals surface area contributed by atoms with Crippen LogP contribution in [0.4, 0.5) is 0 Å². The second kappa shape index (κ2) is 5.87. The van der Waals surface area contributed by atoms with Gasteiger partial charge >= 0.3 is 5.97 Å². The van der Waals surface area contributed by atoms with Gasteiger partial charge in [-0.15, -0.1) is 0 Å². The number of para-hydroxylation sites is 1. The Kier molecular flexibility index (Phi) is 4.34. The van der Waals surface area contributed by atoms with Gasteiger partial charge in [-0.25, -0.2) is 0 Å². The van der Waals surface area contributed by atoms with Crippen LogP contribution in [-0.4, -0.2) is 33.3 Å². The van der Waals surface area contributed by atoms with E-state index < -0.39 is 23.5 Å². The van der Waals surface area contributed by atoms with E-state index in [4.69, 9.17) is 10.8 Å². The number of benzene rings is 1. The van der Waals surface area contributed by atoms with Crippen LogP contribution in [0.1, 0.15) is 25.8 Å². The smallest absolute Gasteiger partial charge is 0.309 e. The number of carbonyl (C=O) groups is 1. The summed E-state index contributed by atoms with van der Waals surface area (Å²) in [5.74, 6) is -0.930. The zero-order valence-electron chi connectivity index (χ0n) is 12.3.